The van der Waals surface area contributed by atoms with Crippen LogP contribution in [0.15, 0.2) is 66.0 Å². The molecule has 2 aromatic carbocycles. The molecule has 0 saturated carbocycles. The van der Waals surface area contributed by atoms with Crippen molar-refractivity contribution in [2.75, 3.05) is 20.3 Å². The molecule has 0 fully saturated rings. The molecule has 0 aliphatic rings. The SMILES string of the molecule is C=CCn1c(=O)n(-c2ccccc2OC)c2nc(-c3ccc(OCC)cc3)nc(C(=O)NCCCC)c21. The van der Waals surface area contributed by atoms with Gasteiger partial charge in [0.1, 0.15) is 17.0 Å². The first-order chi connectivity index (χ1) is 18.0. The Morgan fingerprint density at radius 1 is 1.11 bits per heavy atom. The lowest BCUT2D eigenvalue weighted by molar-refractivity contribution is 0.0949. The van der Waals surface area contributed by atoms with Gasteiger partial charge in [-0.25, -0.2) is 19.3 Å². The second-order valence-electron chi connectivity index (χ2n) is 8.32. The molecule has 0 saturated heterocycles. The van der Waals surface area contributed by atoms with Gasteiger partial charge in [0.15, 0.2) is 17.2 Å². The largest absolute Gasteiger partial charge is 0.495 e. The summed E-state index contributed by atoms with van der Waals surface area (Å²) in [5.74, 6) is 1.16. The van der Waals surface area contributed by atoms with E-state index in [4.69, 9.17) is 14.5 Å². The van der Waals surface area contributed by atoms with Crippen molar-refractivity contribution >= 4 is 17.1 Å². The van der Waals surface area contributed by atoms with Crippen molar-refractivity contribution in [1.29, 1.82) is 0 Å². The number of imidazole rings is 1. The van der Waals surface area contributed by atoms with Gasteiger partial charge in [-0.1, -0.05) is 31.6 Å². The number of fused-ring (bicyclic) bond motifs is 1. The second-order valence-corrected chi connectivity index (χ2v) is 8.32. The summed E-state index contributed by atoms with van der Waals surface area (Å²) >= 11 is 0. The van der Waals surface area contributed by atoms with Crippen LogP contribution in [0.3, 0.4) is 0 Å². The first kappa shape index (κ1) is 25.7. The van der Waals surface area contributed by atoms with E-state index < -0.39 is 0 Å². The van der Waals surface area contributed by atoms with Crippen molar-refractivity contribution in [2.45, 2.75) is 33.2 Å². The number of hydrogen-bond acceptors (Lipinski definition) is 6. The molecule has 2 heterocycles. The summed E-state index contributed by atoms with van der Waals surface area (Å²) in [6, 6.07) is 14.5. The van der Waals surface area contributed by atoms with Crippen molar-refractivity contribution in [3.63, 3.8) is 0 Å². The van der Waals surface area contributed by atoms with Gasteiger partial charge >= 0.3 is 5.69 Å². The summed E-state index contributed by atoms with van der Waals surface area (Å²) in [4.78, 5) is 36.6. The Morgan fingerprint density at radius 2 is 1.86 bits per heavy atom. The second kappa shape index (κ2) is 11.6. The van der Waals surface area contributed by atoms with Crippen molar-refractivity contribution < 1.29 is 14.3 Å². The quantitative estimate of drug-likeness (QED) is 0.242. The van der Waals surface area contributed by atoms with Crippen LogP contribution < -0.4 is 20.5 Å². The molecular formula is C28H31N5O4. The van der Waals surface area contributed by atoms with Crippen LogP contribution in [0.25, 0.3) is 28.2 Å². The fourth-order valence-electron chi connectivity index (χ4n) is 4.10. The van der Waals surface area contributed by atoms with Crippen LogP contribution in [0.1, 0.15) is 37.2 Å². The number of allylic oxidation sites excluding steroid dienone is 1. The molecular weight excluding hydrogens is 470 g/mol. The average Bonchev–Trinajstić information content (AvgIpc) is 3.19. The van der Waals surface area contributed by atoms with Gasteiger partial charge in [-0.05, 0) is 49.7 Å². The summed E-state index contributed by atoms with van der Waals surface area (Å²) in [6.07, 6.45) is 3.36. The van der Waals surface area contributed by atoms with E-state index in [9.17, 15) is 9.59 Å². The number of benzene rings is 2. The third-order valence-electron chi connectivity index (χ3n) is 5.86. The Labute approximate surface area is 215 Å². The van der Waals surface area contributed by atoms with E-state index in [-0.39, 0.29) is 23.8 Å². The van der Waals surface area contributed by atoms with Crippen molar-refractivity contribution in [3.8, 4) is 28.6 Å². The Hall–Kier alpha value is -4.40. The molecule has 37 heavy (non-hydrogen) atoms. The molecule has 1 N–H and O–H groups in total. The average molecular weight is 502 g/mol. The highest BCUT2D eigenvalue weighted by atomic mass is 16.5. The van der Waals surface area contributed by atoms with E-state index in [2.05, 4.69) is 16.9 Å². The van der Waals surface area contributed by atoms with Gasteiger partial charge in [-0.2, -0.15) is 0 Å². The van der Waals surface area contributed by atoms with Crippen LogP contribution in [-0.2, 0) is 6.54 Å². The molecule has 0 atom stereocenters. The minimum atomic E-state index is -0.375. The highest BCUT2D eigenvalue weighted by Crippen LogP contribution is 2.28. The Bertz CT molecular complexity index is 1470. The van der Waals surface area contributed by atoms with Crippen LogP contribution in [-0.4, -0.2) is 45.3 Å². The molecule has 0 spiro atoms. The third-order valence-corrected chi connectivity index (χ3v) is 5.86. The number of carbonyl (C=O) groups excluding carboxylic acids is 1. The van der Waals surface area contributed by atoms with Gasteiger partial charge < -0.3 is 14.8 Å². The molecule has 4 aromatic rings. The normalized spacial score (nSPS) is 10.9. The number of rotatable bonds is 11. The van der Waals surface area contributed by atoms with Gasteiger partial charge in [0, 0.05) is 18.7 Å². The highest BCUT2D eigenvalue weighted by Gasteiger charge is 2.26. The number of hydrogen-bond donors (Lipinski definition) is 1. The minimum Gasteiger partial charge on any atom is -0.495 e. The lowest BCUT2D eigenvalue weighted by Gasteiger charge is -2.11. The Morgan fingerprint density at radius 3 is 2.54 bits per heavy atom. The molecule has 9 nitrogen and oxygen atoms in total. The van der Waals surface area contributed by atoms with Crippen LogP contribution in [0.2, 0.25) is 0 Å². The molecule has 0 aliphatic carbocycles. The van der Waals surface area contributed by atoms with Crippen molar-refractivity contribution in [2.24, 2.45) is 0 Å². The van der Waals surface area contributed by atoms with E-state index in [1.165, 1.54) is 9.13 Å². The zero-order valence-corrected chi connectivity index (χ0v) is 21.4. The maximum Gasteiger partial charge on any atom is 0.335 e. The lowest BCUT2D eigenvalue weighted by Crippen LogP contribution is -2.27. The molecule has 0 bridgehead atoms. The van der Waals surface area contributed by atoms with E-state index in [0.717, 1.165) is 12.8 Å². The van der Waals surface area contributed by atoms with Crippen LogP contribution in [0.5, 0.6) is 11.5 Å². The first-order valence-corrected chi connectivity index (χ1v) is 12.3. The molecule has 9 heteroatoms. The molecule has 4 rings (SSSR count). The van der Waals surface area contributed by atoms with Gasteiger partial charge in [-0.3, -0.25) is 9.36 Å². The third kappa shape index (κ3) is 5.11. The summed E-state index contributed by atoms with van der Waals surface area (Å²) in [6.45, 7) is 8.99. The summed E-state index contributed by atoms with van der Waals surface area (Å²) < 4.78 is 14.0. The van der Waals surface area contributed by atoms with Gasteiger partial charge in [-0.15, -0.1) is 6.58 Å². The van der Waals surface area contributed by atoms with Gasteiger partial charge in [0.25, 0.3) is 5.91 Å². The maximum absolute atomic E-state index is 13.8. The van der Waals surface area contributed by atoms with Crippen LogP contribution in [0.4, 0.5) is 0 Å². The molecule has 1 amide bonds. The maximum atomic E-state index is 13.8. The fraction of sp³-hybridized carbons (Fsp3) is 0.286. The topological polar surface area (TPSA) is 100 Å². The molecule has 192 valence electrons. The van der Waals surface area contributed by atoms with E-state index in [1.807, 2.05) is 50.2 Å². The number of unbranched alkanes of at least 4 members (excludes halogenated alkanes) is 1. The fourth-order valence-corrected chi connectivity index (χ4v) is 4.10. The van der Waals surface area contributed by atoms with E-state index >= 15 is 0 Å². The van der Waals surface area contributed by atoms with E-state index in [1.54, 1.807) is 25.3 Å². The standard InChI is InChI=1S/C28H31N5O4/c1-5-8-17-29-27(34)23-24-26(31-25(30-23)19-13-15-20(16-14-19)37-7-3)33(28(35)32(24)18-6-2)21-11-9-10-12-22(21)36-4/h6,9-16H,2,5,7-8,17-18H2,1,3-4H3,(H,29,34). The monoisotopic (exact) mass is 501 g/mol. The number of aromatic nitrogens is 4. The minimum absolute atomic E-state index is 0.123. The summed E-state index contributed by atoms with van der Waals surface area (Å²) in [7, 11) is 1.54. The predicted molar refractivity (Wildman–Crippen MR) is 144 cm³/mol. The van der Waals surface area contributed by atoms with Crippen molar-refractivity contribution in [1.82, 2.24) is 24.4 Å². The number of ether oxygens (including phenoxy) is 2. The zero-order chi connectivity index (χ0) is 26.4. The number of nitrogens with one attached hydrogen (secondary N) is 1. The number of methoxy groups -OCH3 is 1. The van der Waals surface area contributed by atoms with Gasteiger partial charge in [0.2, 0.25) is 0 Å². The lowest BCUT2D eigenvalue weighted by atomic mass is 10.2. The van der Waals surface area contributed by atoms with E-state index in [0.29, 0.717) is 52.9 Å². The summed E-state index contributed by atoms with van der Waals surface area (Å²) in [5.41, 5.74) is 1.58. The Balaban J connectivity index is 2.03. The number of amides is 1. The Kier molecular flexibility index (Phi) is 8.02. The molecule has 0 aliphatic heterocycles. The number of carbonyl (C=O) groups is 1. The number of nitrogens with zero attached hydrogens (tertiary/aromatic N) is 4. The smallest absolute Gasteiger partial charge is 0.335 e. The zero-order valence-electron chi connectivity index (χ0n) is 21.4. The predicted octanol–water partition coefficient (Wildman–Crippen LogP) is 4.37. The first-order valence-electron chi connectivity index (χ1n) is 12.3. The van der Waals surface area contributed by atoms with Gasteiger partial charge in [0.05, 0.1) is 19.4 Å². The van der Waals surface area contributed by atoms with Crippen molar-refractivity contribution in [3.05, 3.63) is 77.4 Å². The molecule has 0 unspecified atom stereocenters. The van der Waals surface area contributed by atoms with Crippen LogP contribution in [0, 0.1) is 0 Å². The molecule has 2 aromatic heterocycles. The molecule has 0 radical (unpaired) electrons. The number of para-hydroxylation sites is 2. The highest BCUT2D eigenvalue weighted by molar-refractivity contribution is 6.03. The van der Waals surface area contributed by atoms with Crippen LogP contribution >= 0.6 is 0 Å². The summed E-state index contributed by atoms with van der Waals surface area (Å²) in [5, 5.41) is 2.93.